The average Bonchev–Trinajstić information content (AvgIpc) is 3.14. The molecule has 0 saturated heterocycles. The zero-order valence-electron chi connectivity index (χ0n) is 34.7. The predicted octanol–water partition coefficient (Wildman–Crippen LogP) is 10.7. The predicted molar refractivity (Wildman–Crippen MR) is 218 cm³/mol. The van der Waals surface area contributed by atoms with Gasteiger partial charge in [0.25, 0.3) is 0 Å². The van der Waals surface area contributed by atoms with E-state index in [0.717, 1.165) is 77.0 Å². The number of ether oxygens (including phenoxy) is 2. The maximum Gasteiger partial charge on any atom is 0.472 e. The number of quaternary nitrogens is 1. The van der Waals surface area contributed by atoms with E-state index in [1.165, 1.54) is 77.0 Å². The fraction of sp³-hybridized carbons (Fsp3) is 0.857. The maximum absolute atomic E-state index is 12.3. The van der Waals surface area contributed by atoms with Gasteiger partial charge >= 0.3 is 19.8 Å². The monoisotopic (exact) mass is 792 g/mol. The minimum atomic E-state index is -4.66. The van der Waals surface area contributed by atoms with Crippen LogP contribution in [0.4, 0.5) is 0 Å². The van der Waals surface area contributed by atoms with E-state index in [1.807, 2.05) is 0 Å². The van der Waals surface area contributed by atoms with E-state index in [9.17, 15) is 29.3 Å². The molecule has 54 heavy (non-hydrogen) atoms. The molecule has 0 aliphatic rings. The molecular weight excluding hydrogens is 709 g/mol. The van der Waals surface area contributed by atoms with Gasteiger partial charge in [0.05, 0.1) is 19.8 Å². The van der Waals surface area contributed by atoms with E-state index in [2.05, 4.69) is 38.2 Å². The lowest BCUT2D eigenvalue weighted by molar-refractivity contribution is -0.385. The SMILES string of the molecule is CCCCCCCC/C=C\CCCCCCCC(=O)O[C@H](C[O-])COP(=O)(O)OC[C@@H](CO)OC(=O)CCCCCCC/C=C\CCCCCCCC.[NH4+]. The zero-order chi connectivity index (χ0) is 39.1. The Bertz CT molecular complexity index is 878. The minimum absolute atomic E-state index is 0. The summed E-state index contributed by atoms with van der Waals surface area (Å²) in [4.78, 5) is 34.4. The summed E-state index contributed by atoms with van der Waals surface area (Å²) in [6.45, 7) is 1.84. The molecule has 0 aliphatic carbocycles. The Labute approximate surface area is 329 Å². The maximum atomic E-state index is 12.3. The molecule has 320 valence electrons. The molecule has 0 aliphatic heterocycles. The summed E-state index contributed by atoms with van der Waals surface area (Å²) in [6.07, 6.45) is 36.9. The third-order valence-electron chi connectivity index (χ3n) is 9.12. The number of carbonyl (C=O) groups excluding carboxylic acids is 2. The topological polar surface area (TPSA) is 188 Å². The van der Waals surface area contributed by atoms with Crippen molar-refractivity contribution in [2.24, 2.45) is 0 Å². The third-order valence-corrected chi connectivity index (χ3v) is 10.1. The van der Waals surface area contributed by atoms with Gasteiger partial charge in [0, 0.05) is 12.8 Å². The molecule has 0 fully saturated rings. The highest BCUT2D eigenvalue weighted by atomic mass is 31.2. The summed E-state index contributed by atoms with van der Waals surface area (Å²) in [7, 11) is -4.66. The van der Waals surface area contributed by atoms with Gasteiger partial charge < -0.3 is 30.7 Å². The molecule has 12 heteroatoms. The van der Waals surface area contributed by atoms with Gasteiger partial charge in [-0.25, -0.2) is 4.57 Å². The molecule has 0 aromatic heterocycles. The van der Waals surface area contributed by atoms with Crippen molar-refractivity contribution in [1.82, 2.24) is 6.15 Å². The van der Waals surface area contributed by atoms with Gasteiger partial charge in [-0.15, -0.1) is 0 Å². The summed E-state index contributed by atoms with van der Waals surface area (Å²) in [6, 6.07) is 0. The van der Waals surface area contributed by atoms with Crippen LogP contribution < -0.4 is 11.3 Å². The van der Waals surface area contributed by atoms with Gasteiger partial charge in [-0.3, -0.25) is 18.6 Å². The Morgan fingerprint density at radius 1 is 0.556 bits per heavy atom. The largest absolute Gasteiger partial charge is 0.852 e. The van der Waals surface area contributed by atoms with Gasteiger partial charge in [-0.1, -0.05) is 147 Å². The van der Waals surface area contributed by atoms with Gasteiger partial charge in [0.1, 0.15) is 12.2 Å². The standard InChI is InChI=1S/C42H78O10P.H3N/c1-3-5-7-9-11-13-15-17-19-21-23-25-27-29-31-33-41(45)51-39(35-43)37-49-53(47,48)50-38-40(36-44)52-42(46)34-32-30-28-26-24-22-20-18-16-14-12-10-8-6-4-2;/h17-20,39-40,43H,3-16,21-38H2,1-2H3,(H,47,48);1H3/q-1;/p+1/b19-17-,20-18-;/t39-,40-;/m1./s1. The summed E-state index contributed by atoms with van der Waals surface area (Å²) in [5.74, 6) is -1.08. The molecule has 1 unspecified atom stereocenters. The highest BCUT2D eigenvalue weighted by Gasteiger charge is 2.26. The van der Waals surface area contributed by atoms with Crippen molar-refractivity contribution >= 4 is 19.8 Å². The Balaban J connectivity index is 0. The van der Waals surface area contributed by atoms with E-state index >= 15 is 0 Å². The Morgan fingerprint density at radius 2 is 0.870 bits per heavy atom. The molecule has 6 N–H and O–H groups in total. The van der Waals surface area contributed by atoms with Crippen LogP contribution in [-0.4, -0.2) is 60.6 Å². The fourth-order valence-electron chi connectivity index (χ4n) is 5.80. The Morgan fingerprint density at radius 3 is 1.22 bits per heavy atom. The second-order valence-electron chi connectivity index (χ2n) is 14.3. The number of rotatable bonds is 40. The molecule has 0 saturated carbocycles. The highest BCUT2D eigenvalue weighted by molar-refractivity contribution is 7.47. The lowest BCUT2D eigenvalue weighted by Crippen LogP contribution is -2.33. The molecule has 0 rings (SSSR count). The van der Waals surface area contributed by atoms with E-state index in [0.29, 0.717) is 12.8 Å². The smallest absolute Gasteiger partial charge is 0.472 e. The summed E-state index contributed by atoms with van der Waals surface area (Å²) in [5.41, 5.74) is 0. The number of aliphatic hydroxyl groups excluding tert-OH is 1. The van der Waals surface area contributed by atoms with Crippen molar-refractivity contribution < 1.29 is 47.8 Å². The second kappa shape index (κ2) is 41.1. The molecule has 0 aromatic rings. The lowest BCUT2D eigenvalue weighted by atomic mass is 10.1. The van der Waals surface area contributed by atoms with E-state index in [4.69, 9.17) is 18.5 Å². The van der Waals surface area contributed by atoms with E-state index < -0.39 is 58.4 Å². The first-order chi connectivity index (χ1) is 25.8. The number of hydrogen-bond acceptors (Lipinski definition) is 9. The zero-order valence-corrected chi connectivity index (χ0v) is 35.6. The molecule has 0 bridgehead atoms. The van der Waals surface area contributed by atoms with Gasteiger partial charge in [0.2, 0.25) is 0 Å². The summed E-state index contributed by atoms with van der Waals surface area (Å²) >= 11 is 0. The van der Waals surface area contributed by atoms with Gasteiger partial charge in [-0.05, 0) is 64.2 Å². The average molecular weight is 792 g/mol. The van der Waals surface area contributed by atoms with Crippen LogP contribution >= 0.6 is 7.82 Å². The third kappa shape index (κ3) is 38.7. The molecule has 11 nitrogen and oxygen atoms in total. The van der Waals surface area contributed by atoms with Crippen LogP contribution in [0.1, 0.15) is 194 Å². The number of hydrogen-bond donors (Lipinski definition) is 3. The van der Waals surface area contributed by atoms with Crippen molar-refractivity contribution in [1.29, 1.82) is 0 Å². The van der Waals surface area contributed by atoms with Crippen molar-refractivity contribution in [3.05, 3.63) is 24.3 Å². The fourth-order valence-corrected chi connectivity index (χ4v) is 6.59. The molecule has 0 aromatic carbocycles. The van der Waals surface area contributed by atoms with Crippen LogP contribution in [0, 0.1) is 0 Å². The van der Waals surface area contributed by atoms with Crippen molar-refractivity contribution in [3.8, 4) is 0 Å². The minimum Gasteiger partial charge on any atom is -0.852 e. The van der Waals surface area contributed by atoms with E-state index in [1.54, 1.807) is 0 Å². The molecule has 0 spiro atoms. The van der Waals surface area contributed by atoms with Crippen molar-refractivity contribution in [2.45, 2.75) is 206 Å². The number of phosphoric acid groups is 1. The molecule has 0 heterocycles. The Hall–Kier alpha value is -1.59. The normalized spacial score (nSPS) is 13.9. The number of unbranched alkanes of at least 4 members (excludes halogenated alkanes) is 22. The first kappa shape index (κ1) is 54.5. The Kier molecular flexibility index (Phi) is 41.4. The number of esters is 2. The van der Waals surface area contributed by atoms with E-state index in [-0.39, 0.29) is 19.0 Å². The number of phosphoric ester groups is 1. The first-order valence-electron chi connectivity index (χ1n) is 21.3. The van der Waals surface area contributed by atoms with Crippen LogP contribution in [0.3, 0.4) is 0 Å². The summed E-state index contributed by atoms with van der Waals surface area (Å²) < 4.78 is 32.4. The molecule has 0 radical (unpaired) electrons. The van der Waals surface area contributed by atoms with Crippen molar-refractivity contribution in [3.63, 3.8) is 0 Å². The number of aliphatic hydroxyl groups is 1. The van der Waals surface area contributed by atoms with Crippen LogP contribution in [-0.2, 0) is 32.7 Å². The molecule has 3 atom stereocenters. The molecular formula is C42H82NO10P. The first-order valence-corrected chi connectivity index (χ1v) is 22.8. The second-order valence-corrected chi connectivity index (χ2v) is 15.8. The van der Waals surface area contributed by atoms with Crippen molar-refractivity contribution in [2.75, 3.05) is 26.4 Å². The van der Waals surface area contributed by atoms with Crippen LogP contribution in [0.15, 0.2) is 24.3 Å². The van der Waals surface area contributed by atoms with Crippen LogP contribution in [0.2, 0.25) is 0 Å². The van der Waals surface area contributed by atoms with Crippen LogP contribution in [0.25, 0.3) is 0 Å². The number of allylic oxidation sites excluding steroid dienone is 4. The summed E-state index contributed by atoms with van der Waals surface area (Å²) in [5, 5.41) is 21.1. The van der Waals surface area contributed by atoms with Gasteiger partial charge in [0.15, 0.2) is 0 Å². The lowest BCUT2D eigenvalue weighted by Gasteiger charge is -2.22. The molecule has 0 amide bonds. The highest BCUT2D eigenvalue weighted by Crippen LogP contribution is 2.43. The number of carbonyl (C=O) groups is 2. The van der Waals surface area contributed by atoms with Gasteiger partial charge in [-0.2, -0.15) is 0 Å². The quantitative estimate of drug-likeness (QED) is 0.0233. The van der Waals surface area contributed by atoms with Crippen LogP contribution in [0.5, 0.6) is 0 Å².